The van der Waals surface area contributed by atoms with Crippen molar-refractivity contribution in [1.82, 2.24) is 0 Å². The van der Waals surface area contributed by atoms with Crippen molar-refractivity contribution in [2.24, 2.45) is 0 Å². The molecule has 0 radical (unpaired) electrons. The molecule has 5 atom stereocenters. The highest BCUT2D eigenvalue weighted by Gasteiger charge is 2.46. The van der Waals surface area contributed by atoms with E-state index < -0.39 is 30.6 Å². The van der Waals surface area contributed by atoms with Crippen LogP contribution in [0.3, 0.4) is 0 Å². The summed E-state index contributed by atoms with van der Waals surface area (Å²) in [6.45, 7) is 1.92. The van der Waals surface area contributed by atoms with Crippen LogP contribution in [0.25, 0.3) is 0 Å². The number of ether oxygens (including phenoxy) is 3. The van der Waals surface area contributed by atoms with E-state index >= 15 is 0 Å². The highest BCUT2D eigenvalue weighted by molar-refractivity contribution is 5.63. The Morgan fingerprint density at radius 1 is 1.20 bits per heavy atom. The molecule has 20 heavy (non-hydrogen) atoms. The van der Waals surface area contributed by atoms with Gasteiger partial charge in [0.1, 0.15) is 12.2 Å². The smallest absolute Gasteiger partial charge is 0.424 e. The number of hydrogen-bond acceptors (Lipinski definition) is 5. The number of hydrogen-bond donors (Lipinski definition) is 1. The van der Waals surface area contributed by atoms with E-state index in [9.17, 15) is 9.90 Å². The summed E-state index contributed by atoms with van der Waals surface area (Å²) in [6.07, 6.45) is -0.179. The SMILES string of the molecule is C[C@@H](O[C@@H]1C=C[C@@H]2OC(=O)O[C@@H]2[C@H]1O)c1ccccc1. The number of aliphatic hydroxyl groups excluding tert-OH is 1. The highest BCUT2D eigenvalue weighted by atomic mass is 16.8. The molecule has 1 aromatic rings. The van der Waals surface area contributed by atoms with Gasteiger partial charge in [-0.2, -0.15) is 0 Å². The molecule has 1 aliphatic carbocycles. The van der Waals surface area contributed by atoms with Crippen molar-refractivity contribution in [3.63, 3.8) is 0 Å². The lowest BCUT2D eigenvalue weighted by atomic mass is 9.96. The molecule has 3 rings (SSSR count). The van der Waals surface area contributed by atoms with E-state index in [-0.39, 0.29) is 6.10 Å². The van der Waals surface area contributed by atoms with Crippen LogP contribution in [0.5, 0.6) is 0 Å². The summed E-state index contributed by atoms with van der Waals surface area (Å²) >= 11 is 0. The van der Waals surface area contributed by atoms with Crippen molar-refractivity contribution in [2.75, 3.05) is 0 Å². The molecule has 0 bridgehead atoms. The summed E-state index contributed by atoms with van der Waals surface area (Å²) in [5.74, 6) is 0. The van der Waals surface area contributed by atoms with Gasteiger partial charge in [0.05, 0.1) is 6.10 Å². The predicted octanol–water partition coefficient (Wildman–Crippen LogP) is 1.97. The van der Waals surface area contributed by atoms with Crippen LogP contribution < -0.4 is 0 Å². The first kappa shape index (κ1) is 13.1. The summed E-state index contributed by atoms with van der Waals surface area (Å²) in [6, 6.07) is 9.73. The van der Waals surface area contributed by atoms with Crippen LogP contribution in [0.1, 0.15) is 18.6 Å². The fourth-order valence-corrected chi connectivity index (χ4v) is 2.48. The third kappa shape index (κ3) is 2.42. The third-order valence-corrected chi connectivity index (χ3v) is 3.58. The zero-order chi connectivity index (χ0) is 14.1. The van der Waals surface area contributed by atoms with Crippen LogP contribution >= 0.6 is 0 Å². The Kier molecular flexibility index (Phi) is 3.46. The van der Waals surface area contributed by atoms with Gasteiger partial charge in [-0.05, 0) is 18.6 Å². The maximum Gasteiger partial charge on any atom is 0.509 e. The number of carbonyl (C=O) groups excluding carboxylic acids is 1. The van der Waals surface area contributed by atoms with Crippen LogP contribution in [-0.4, -0.2) is 35.7 Å². The first-order chi connectivity index (χ1) is 9.65. The van der Waals surface area contributed by atoms with Crippen molar-refractivity contribution in [3.8, 4) is 0 Å². The van der Waals surface area contributed by atoms with Crippen molar-refractivity contribution < 1.29 is 24.1 Å². The average molecular weight is 276 g/mol. The first-order valence-electron chi connectivity index (χ1n) is 6.59. The fraction of sp³-hybridized carbons (Fsp3) is 0.400. The third-order valence-electron chi connectivity index (χ3n) is 3.58. The molecule has 1 saturated heterocycles. The summed E-state index contributed by atoms with van der Waals surface area (Å²) in [7, 11) is 0. The minimum atomic E-state index is -0.928. The molecule has 1 aliphatic heterocycles. The van der Waals surface area contributed by atoms with E-state index in [1.807, 2.05) is 37.3 Å². The molecule has 1 fully saturated rings. The van der Waals surface area contributed by atoms with Crippen LogP contribution in [0.2, 0.25) is 0 Å². The molecule has 1 N–H and O–H groups in total. The summed E-state index contributed by atoms with van der Waals surface area (Å²) < 4.78 is 15.7. The van der Waals surface area contributed by atoms with E-state index in [0.29, 0.717) is 0 Å². The molecule has 0 unspecified atom stereocenters. The zero-order valence-electron chi connectivity index (χ0n) is 11.0. The van der Waals surface area contributed by atoms with Crippen molar-refractivity contribution in [2.45, 2.75) is 37.4 Å². The first-order valence-corrected chi connectivity index (χ1v) is 6.59. The Labute approximate surface area is 116 Å². The summed E-state index contributed by atoms with van der Waals surface area (Å²) in [5.41, 5.74) is 1.02. The lowest BCUT2D eigenvalue weighted by molar-refractivity contribution is -0.0951. The lowest BCUT2D eigenvalue weighted by Crippen LogP contribution is -2.46. The van der Waals surface area contributed by atoms with Crippen molar-refractivity contribution in [3.05, 3.63) is 48.0 Å². The predicted molar refractivity (Wildman–Crippen MR) is 70.0 cm³/mol. The molecule has 2 aliphatic rings. The maximum absolute atomic E-state index is 11.1. The van der Waals surface area contributed by atoms with Gasteiger partial charge in [0, 0.05) is 0 Å². The molecule has 0 saturated carbocycles. The number of benzene rings is 1. The second-order valence-corrected chi connectivity index (χ2v) is 4.94. The van der Waals surface area contributed by atoms with Gasteiger partial charge in [0.15, 0.2) is 12.2 Å². The Morgan fingerprint density at radius 2 is 1.95 bits per heavy atom. The lowest BCUT2D eigenvalue weighted by Gasteiger charge is -2.31. The Morgan fingerprint density at radius 3 is 2.70 bits per heavy atom. The number of aliphatic hydroxyl groups is 1. The number of fused-ring (bicyclic) bond motifs is 1. The van der Waals surface area contributed by atoms with E-state index in [4.69, 9.17) is 14.2 Å². The monoisotopic (exact) mass is 276 g/mol. The minimum Gasteiger partial charge on any atom is -0.424 e. The van der Waals surface area contributed by atoms with Gasteiger partial charge in [0.25, 0.3) is 0 Å². The topological polar surface area (TPSA) is 65.0 Å². The maximum atomic E-state index is 11.1. The Bertz CT molecular complexity index is 512. The second-order valence-electron chi connectivity index (χ2n) is 4.94. The van der Waals surface area contributed by atoms with Crippen molar-refractivity contribution >= 4 is 6.16 Å². The van der Waals surface area contributed by atoms with Crippen LogP contribution in [0, 0.1) is 0 Å². The summed E-state index contributed by atoms with van der Waals surface area (Å²) in [4.78, 5) is 11.1. The van der Waals surface area contributed by atoms with Gasteiger partial charge in [-0.25, -0.2) is 4.79 Å². The van der Waals surface area contributed by atoms with Gasteiger partial charge in [-0.15, -0.1) is 0 Å². The molecular formula is C15H16O5. The van der Waals surface area contributed by atoms with E-state index in [1.54, 1.807) is 12.2 Å². The second kappa shape index (κ2) is 5.26. The molecule has 1 aromatic carbocycles. The number of carbonyl (C=O) groups is 1. The fourth-order valence-electron chi connectivity index (χ4n) is 2.48. The van der Waals surface area contributed by atoms with Crippen LogP contribution in [0.15, 0.2) is 42.5 Å². The molecule has 5 nitrogen and oxygen atoms in total. The van der Waals surface area contributed by atoms with E-state index in [0.717, 1.165) is 5.56 Å². The largest absolute Gasteiger partial charge is 0.509 e. The summed E-state index contributed by atoms with van der Waals surface area (Å²) in [5, 5.41) is 10.2. The van der Waals surface area contributed by atoms with Crippen molar-refractivity contribution in [1.29, 1.82) is 0 Å². The average Bonchev–Trinajstić information content (AvgIpc) is 2.84. The molecule has 0 spiro atoms. The highest BCUT2D eigenvalue weighted by Crippen LogP contribution is 2.29. The Hall–Kier alpha value is -1.85. The molecule has 1 heterocycles. The molecule has 0 aromatic heterocycles. The van der Waals surface area contributed by atoms with Crippen LogP contribution in [0.4, 0.5) is 4.79 Å². The van der Waals surface area contributed by atoms with Gasteiger partial charge in [-0.3, -0.25) is 0 Å². The molecule has 5 heteroatoms. The van der Waals surface area contributed by atoms with Gasteiger partial charge >= 0.3 is 6.16 Å². The van der Waals surface area contributed by atoms with Crippen LogP contribution in [-0.2, 0) is 14.2 Å². The standard InChI is InChI=1S/C15H16O5/c1-9(10-5-3-2-4-6-10)18-11-7-8-12-14(13(11)16)20-15(17)19-12/h2-9,11-14,16H,1H3/t9-,11-,12+,13+,14+/m1/s1. The minimum absolute atomic E-state index is 0.171. The van der Waals surface area contributed by atoms with Gasteiger partial charge in [0.2, 0.25) is 0 Å². The molecular weight excluding hydrogens is 260 g/mol. The number of rotatable bonds is 3. The molecule has 106 valence electrons. The zero-order valence-corrected chi connectivity index (χ0v) is 11.0. The Balaban J connectivity index is 1.69. The normalized spacial score (nSPS) is 33.2. The van der Waals surface area contributed by atoms with Gasteiger partial charge < -0.3 is 19.3 Å². The van der Waals surface area contributed by atoms with Gasteiger partial charge in [-0.1, -0.05) is 36.4 Å². The quantitative estimate of drug-likeness (QED) is 0.675. The van der Waals surface area contributed by atoms with E-state index in [1.165, 1.54) is 0 Å². The molecule has 0 amide bonds. The van der Waals surface area contributed by atoms with E-state index in [2.05, 4.69) is 0 Å².